The standard InChI is InChI=1S/C22H16N2S/c1-4-10-17(11-5-1)16-23-22-24-20(18-12-6-2-7-13-18)21(25-22)19-14-8-3-9-15-19/h1-16H/b23-16+. The molecule has 25 heavy (non-hydrogen) atoms. The molecule has 4 rings (SSSR count). The van der Waals surface area contributed by atoms with E-state index in [-0.39, 0.29) is 0 Å². The van der Waals surface area contributed by atoms with Crippen molar-refractivity contribution < 1.29 is 0 Å². The molecule has 0 spiro atoms. The van der Waals surface area contributed by atoms with E-state index in [2.05, 4.69) is 41.4 Å². The lowest BCUT2D eigenvalue weighted by molar-refractivity contribution is 1.36. The highest BCUT2D eigenvalue weighted by atomic mass is 32.1. The Balaban J connectivity index is 1.77. The summed E-state index contributed by atoms with van der Waals surface area (Å²) in [6, 6.07) is 30.7. The zero-order valence-electron chi connectivity index (χ0n) is 13.5. The fourth-order valence-electron chi connectivity index (χ4n) is 2.61. The molecule has 0 radical (unpaired) electrons. The van der Waals surface area contributed by atoms with Crippen molar-refractivity contribution in [3.8, 4) is 21.7 Å². The van der Waals surface area contributed by atoms with Gasteiger partial charge in [-0.15, -0.1) is 0 Å². The van der Waals surface area contributed by atoms with E-state index in [1.54, 1.807) is 11.3 Å². The number of benzene rings is 3. The molecule has 4 aromatic rings. The van der Waals surface area contributed by atoms with E-state index in [0.717, 1.165) is 26.8 Å². The van der Waals surface area contributed by atoms with Crippen molar-refractivity contribution in [2.75, 3.05) is 0 Å². The maximum atomic E-state index is 4.79. The Morgan fingerprint density at radius 1 is 0.680 bits per heavy atom. The smallest absolute Gasteiger partial charge is 0.210 e. The number of aliphatic imine (C=N–C) groups is 1. The van der Waals surface area contributed by atoms with Gasteiger partial charge in [-0.05, 0) is 11.1 Å². The zero-order valence-corrected chi connectivity index (χ0v) is 14.4. The second-order valence-corrected chi connectivity index (χ2v) is 6.55. The second-order valence-electron chi connectivity index (χ2n) is 5.58. The summed E-state index contributed by atoms with van der Waals surface area (Å²) in [5, 5.41) is 0.765. The van der Waals surface area contributed by atoms with Crippen LogP contribution in [-0.2, 0) is 0 Å². The highest BCUT2D eigenvalue weighted by Crippen LogP contribution is 2.39. The lowest BCUT2D eigenvalue weighted by Gasteiger charge is -2.02. The Morgan fingerprint density at radius 2 is 1.24 bits per heavy atom. The Kier molecular flexibility index (Phi) is 4.49. The fraction of sp³-hybridized carbons (Fsp3) is 0. The van der Waals surface area contributed by atoms with E-state index in [9.17, 15) is 0 Å². The molecule has 3 aromatic carbocycles. The first-order chi connectivity index (χ1) is 12.4. The van der Waals surface area contributed by atoms with E-state index in [1.807, 2.05) is 60.8 Å². The molecule has 1 aromatic heterocycles. The van der Waals surface area contributed by atoms with Gasteiger partial charge in [0.05, 0.1) is 10.6 Å². The van der Waals surface area contributed by atoms with Gasteiger partial charge in [0.2, 0.25) is 5.13 Å². The van der Waals surface area contributed by atoms with Crippen LogP contribution in [0.2, 0.25) is 0 Å². The van der Waals surface area contributed by atoms with Crippen molar-refractivity contribution in [3.05, 3.63) is 96.6 Å². The molecule has 120 valence electrons. The molecule has 0 fully saturated rings. The SMILES string of the molecule is C(=N\c1nc(-c2ccccc2)c(-c2ccccc2)s1)/c1ccccc1. The third-order valence-corrected chi connectivity index (χ3v) is 4.84. The molecular formula is C22H16N2S. The Hall–Kier alpha value is -3.04. The van der Waals surface area contributed by atoms with Gasteiger partial charge < -0.3 is 0 Å². The quantitative estimate of drug-likeness (QED) is 0.404. The van der Waals surface area contributed by atoms with Crippen molar-refractivity contribution in [2.24, 2.45) is 4.99 Å². The summed E-state index contributed by atoms with van der Waals surface area (Å²) < 4.78 is 0. The summed E-state index contributed by atoms with van der Waals surface area (Å²) in [6.07, 6.45) is 1.86. The third kappa shape index (κ3) is 3.57. The Morgan fingerprint density at radius 3 is 1.88 bits per heavy atom. The van der Waals surface area contributed by atoms with Gasteiger partial charge in [-0.1, -0.05) is 102 Å². The normalized spacial score (nSPS) is 11.0. The predicted molar refractivity (Wildman–Crippen MR) is 107 cm³/mol. The molecule has 0 N–H and O–H groups in total. The first-order valence-electron chi connectivity index (χ1n) is 8.11. The molecule has 0 saturated carbocycles. The molecule has 3 heteroatoms. The lowest BCUT2D eigenvalue weighted by Crippen LogP contribution is -1.81. The highest BCUT2D eigenvalue weighted by Gasteiger charge is 2.14. The van der Waals surface area contributed by atoms with E-state index in [1.165, 1.54) is 5.56 Å². The van der Waals surface area contributed by atoms with E-state index in [0.29, 0.717) is 0 Å². The number of thiazole rings is 1. The topological polar surface area (TPSA) is 25.2 Å². The van der Waals surface area contributed by atoms with Gasteiger partial charge in [0, 0.05) is 11.8 Å². The van der Waals surface area contributed by atoms with Crippen molar-refractivity contribution in [1.82, 2.24) is 4.98 Å². The molecular weight excluding hydrogens is 324 g/mol. The van der Waals surface area contributed by atoms with Crippen LogP contribution in [0.5, 0.6) is 0 Å². The first kappa shape index (κ1) is 15.5. The summed E-state index contributed by atoms with van der Waals surface area (Å²) in [5.74, 6) is 0. The minimum absolute atomic E-state index is 0.765. The lowest BCUT2D eigenvalue weighted by atomic mass is 10.1. The van der Waals surface area contributed by atoms with Crippen molar-refractivity contribution >= 4 is 22.7 Å². The van der Waals surface area contributed by atoms with Crippen molar-refractivity contribution in [1.29, 1.82) is 0 Å². The number of hydrogen-bond acceptors (Lipinski definition) is 3. The maximum Gasteiger partial charge on any atom is 0.210 e. The zero-order chi connectivity index (χ0) is 16.9. The molecule has 0 aliphatic carbocycles. The Labute approximate surface area is 151 Å². The minimum atomic E-state index is 0.765. The second kappa shape index (κ2) is 7.24. The molecule has 0 bridgehead atoms. The van der Waals surface area contributed by atoms with E-state index >= 15 is 0 Å². The highest BCUT2D eigenvalue weighted by molar-refractivity contribution is 7.19. The Bertz CT molecular complexity index is 917. The van der Waals surface area contributed by atoms with Crippen LogP contribution < -0.4 is 0 Å². The molecule has 0 unspecified atom stereocenters. The summed E-state index contributed by atoms with van der Waals surface area (Å²) in [4.78, 5) is 10.5. The van der Waals surface area contributed by atoms with E-state index < -0.39 is 0 Å². The van der Waals surface area contributed by atoms with Crippen LogP contribution in [-0.4, -0.2) is 11.2 Å². The van der Waals surface area contributed by atoms with Gasteiger partial charge in [-0.2, -0.15) is 0 Å². The average molecular weight is 340 g/mol. The molecule has 0 atom stereocenters. The summed E-state index contributed by atoms with van der Waals surface area (Å²) in [5.41, 5.74) is 4.33. The number of hydrogen-bond donors (Lipinski definition) is 0. The number of aromatic nitrogens is 1. The van der Waals surface area contributed by atoms with Crippen LogP contribution in [0, 0.1) is 0 Å². The van der Waals surface area contributed by atoms with Gasteiger partial charge >= 0.3 is 0 Å². The molecule has 2 nitrogen and oxygen atoms in total. The summed E-state index contributed by atoms with van der Waals surface area (Å²) >= 11 is 1.62. The largest absolute Gasteiger partial charge is 0.227 e. The van der Waals surface area contributed by atoms with Crippen LogP contribution in [0.4, 0.5) is 5.13 Å². The first-order valence-corrected chi connectivity index (χ1v) is 8.92. The van der Waals surface area contributed by atoms with E-state index in [4.69, 9.17) is 4.98 Å². The van der Waals surface area contributed by atoms with Crippen molar-refractivity contribution in [2.45, 2.75) is 0 Å². The molecule has 0 aliphatic rings. The van der Waals surface area contributed by atoms with Crippen LogP contribution in [0.15, 0.2) is 96.0 Å². The fourth-order valence-corrected chi connectivity index (χ4v) is 3.55. The van der Waals surface area contributed by atoms with Gasteiger partial charge in [0.25, 0.3) is 0 Å². The predicted octanol–water partition coefficient (Wildman–Crippen LogP) is 6.23. The van der Waals surface area contributed by atoms with Crippen molar-refractivity contribution in [3.63, 3.8) is 0 Å². The minimum Gasteiger partial charge on any atom is -0.227 e. The molecule has 0 saturated heterocycles. The van der Waals surface area contributed by atoms with Gasteiger partial charge in [-0.3, -0.25) is 0 Å². The van der Waals surface area contributed by atoms with Crippen LogP contribution in [0.1, 0.15) is 5.56 Å². The average Bonchev–Trinajstić information content (AvgIpc) is 3.13. The molecule has 1 heterocycles. The summed E-state index contributed by atoms with van der Waals surface area (Å²) in [7, 11) is 0. The number of rotatable bonds is 4. The van der Waals surface area contributed by atoms with Gasteiger partial charge in [-0.25, -0.2) is 9.98 Å². The summed E-state index contributed by atoms with van der Waals surface area (Å²) in [6.45, 7) is 0. The molecule has 0 aliphatic heterocycles. The van der Waals surface area contributed by atoms with Gasteiger partial charge in [0.1, 0.15) is 0 Å². The monoisotopic (exact) mass is 340 g/mol. The van der Waals surface area contributed by atoms with Gasteiger partial charge in [0.15, 0.2) is 0 Å². The molecule has 0 amide bonds. The maximum absolute atomic E-state index is 4.79. The van der Waals surface area contributed by atoms with Crippen LogP contribution >= 0.6 is 11.3 Å². The number of nitrogens with zero attached hydrogens (tertiary/aromatic N) is 2. The third-order valence-electron chi connectivity index (χ3n) is 3.82. The van der Waals surface area contributed by atoms with Crippen LogP contribution in [0.3, 0.4) is 0 Å². The van der Waals surface area contributed by atoms with Crippen LogP contribution in [0.25, 0.3) is 21.7 Å².